The molecule has 2 saturated carbocycles. The molecule has 0 atom stereocenters. The molecule has 0 aliphatic heterocycles. The molecule has 2 aliphatic carbocycles. The number of amides is 1. The number of halogens is 1. The van der Waals surface area contributed by atoms with Crippen molar-refractivity contribution < 1.29 is 4.79 Å². The molecule has 1 aromatic rings. The van der Waals surface area contributed by atoms with Gasteiger partial charge in [-0.1, -0.05) is 11.6 Å². The van der Waals surface area contributed by atoms with Gasteiger partial charge in [0.05, 0.1) is 10.6 Å². The second-order valence-electron chi connectivity index (χ2n) is 5.40. The monoisotopic (exact) mass is 264 g/mol. The number of anilines is 1. The Morgan fingerprint density at radius 2 is 1.89 bits per heavy atom. The van der Waals surface area contributed by atoms with Gasteiger partial charge in [0.15, 0.2) is 0 Å². The van der Waals surface area contributed by atoms with E-state index in [1.54, 1.807) is 12.1 Å². The predicted octanol–water partition coefficient (Wildman–Crippen LogP) is 3.04. The van der Waals surface area contributed by atoms with Gasteiger partial charge in [-0.05, 0) is 55.7 Å². The average molecular weight is 265 g/mol. The molecule has 2 fully saturated rings. The first kappa shape index (κ1) is 11.8. The van der Waals surface area contributed by atoms with E-state index in [9.17, 15) is 4.79 Å². The van der Waals surface area contributed by atoms with Crippen molar-refractivity contribution in [2.75, 3.05) is 5.32 Å². The summed E-state index contributed by atoms with van der Waals surface area (Å²) in [6, 6.07) is 5.99. The highest BCUT2D eigenvalue weighted by atomic mass is 35.5. The zero-order valence-corrected chi connectivity index (χ0v) is 10.9. The lowest BCUT2D eigenvalue weighted by Crippen LogP contribution is -2.24. The van der Waals surface area contributed by atoms with Gasteiger partial charge in [0.1, 0.15) is 0 Å². The summed E-state index contributed by atoms with van der Waals surface area (Å²) in [5.41, 5.74) is 6.66. The maximum absolute atomic E-state index is 11.3. The lowest BCUT2D eigenvalue weighted by molar-refractivity contribution is 0.100. The van der Waals surface area contributed by atoms with Crippen LogP contribution in [0.15, 0.2) is 18.2 Å². The first-order valence-corrected chi connectivity index (χ1v) is 6.89. The van der Waals surface area contributed by atoms with Crippen LogP contribution in [0, 0.1) is 11.8 Å². The number of primary amides is 1. The van der Waals surface area contributed by atoms with E-state index in [0.717, 1.165) is 17.5 Å². The molecule has 0 bridgehead atoms. The maximum atomic E-state index is 11.3. The van der Waals surface area contributed by atoms with Crippen LogP contribution in [0.3, 0.4) is 0 Å². The number of benzene rings is 1. The first-order chi connectivity index (χ1) is 8.65. The molecule has 0 unspecified atom stereocenters. The summed E-state index contributed by atoms with van der Waals surface area (Å²) in [5.74, 6) is 1.15. The highest BCUT2D eigenvalue weighted by molar-refractivity contribution is 6.33. The van der Waals surface area contributed by atoms with E-state index >= 15 is 0 Å². The number of hydrogen-bond donors (Lipinski definition) is 2. The van der Waals surface area contributed by atoms with Crippen molar-refractivity contribution in [1.82, 2.24) is 0 Å². The van der Waals surface area contributed by atoms with E-state index < -0.39 is 5.91 Å². The van der Waals surface area contributed by atoms with Crippen molar-refractivity contribution in [2.24, 2.45) is 17.6 Å². The van der Waals surface area contributed by atoms with E-state index in [4.69, 9.17) is 17.3 Å². The Morgan fingerprint density at radius 3 is 2.39 bits per heavy atom. The van der Waals surface area contributed by atoms with E-state index in [-0.39, 0.29) is 0 Å². The lowest BCUT2D eigenvalue weighted by Gasteiger charge is -2.19. The number of hydrogen-bond acceptors (Lipinski definition) is 2. The Morgan fingerprint density at radius 1 is 1.28 bits per heavy atom. The fraction of sp³-hybridized carbons (Fsp3) is 0.500. The van der Waals surface area contributed by atoms with Gasteiger partial charge in [0.2, 0.25) is 5.91 Å². The van der Waals surface area contributed by atoms with E-state index in [0.29, 0.717) is 16.6 Å². The third kappa shape index (κ3) is 2.46. The third-order valence-electron chi connectivity index (χ3n) is 3.82. The van der Waals surface area contributed by atoms with E-state index in [1.807, 2.05) is 6.07 Å². The van der Waals surface area contributed by atoms with Crippen molar-refractivity contribution in [3.63, 3.8) is 0 Å². The second-order valence-corrected chi connectivity index (χ2v) is 5.81. The second kappa shape index (κ2) is 4.47. The van der Waals surface area contributed by atoms with Gasteiger partial charge in [-0.2, -0.15) is 0 Å². The van der Waals surface area contributed by atoms with E-state index in [2.05, 4.69) is 5.32 Å². The van der Waals surface area contributed by atoms with Gasteiger partial charge in [0.25, 0.3) is 0 Å². The summed E-state index contributed by atoms with van der Waals surface area (Å²) < 4.78 is 0. The van der Waals surface area contributed by atoms with Crippen LogP contribution in [-0.2, 0) is 0 Å². The molecule has 1 aromatic carbocycles. The minimum Gasteiger partial charge on any atom is -0.382 e. The van der Waals surface area contributed by atoms with Gasteiger partial charge >= 0.3 is 0 Å². The van der Waals surface area contributed by atoms with Gasteiger partial charge in [-0.3, -0.25) is 4.79 Å². The smallest absolute Gasteiger partial charge is 0.250 e. The SMILES string of the molecule is NC(=O)c1cc(NC(C2CC2)C2CC2)ccc1Cl. The largest absolute Gasteiger partial charge is 0.382 e. The highest BCUT2D eigenvalue weighted by Gasteiger charge is 2.41. The summed E-state index contributed by atoms with van der Waals surface area (Å²) in [6.07, 6.45) is 5.30. The van der Waals surface area contributed by atoms with Crippen LogP contribution >= 0.6 is 11.6 Å². The summed E-state index contributed by atoms with van der Waals surface area (Å²) in [4.78, 5) is 11.3. The minimum atomic E-state index is -0.474. The number of rotatable bonds is 5. The summed E-state index contributed by atoms with van der Waals surface area (Å²) >= 11 is 5.95. The first-order valence-electron chi connectivity index (χ1n) is 6.51. The van der Waals surface area contributed by atoms with E-state index in [1.165, 1.54) is 25.7 Å². The molecule has 0 aromatic heterocycles. The Labute approximate surface area is 112 Å². The third-order valence-corrected chi connectivity index (χ3v) is 4.15. The standard InChI is InChI=1S/C14H17ClN2O/c15-12-6-5-10(7-11(12)14(16)18)17-13(8-1-2-8)9-3-4-9/h5-9,13,17H,1-4H2,(H2,16,18). The molecule has 0 heterocycles. The van der Waals surface area contributed by atoms with Crippen LogP contribution in [0.25, 0.3) is 0 Å². The lowest BCUT2D eigenvalue weighted by atomic mass is 10.1. The number of nitrogens with one attached hydrogen (secondary N) is 1. The zero-order chi connectivity index (χ0) is 12.7. The van der Waals surface area contributed by atoms with Crippen LogP contribution < -0.4 is 11.1 Å². The predicted molar refractivity (Wildman–Crippen MR) is 72.8 cm³/mol. The fourth-order valence-corrected chi connectivity index (χ4v) is 2.74. The maximum Gasteiger partial charge on any atom is 0.250 e. The molecule has 0 saturated heterocycles. The number of carbonyl (C=O) groups excluding carboxylic acids is 1. The summed E-state index contributed by atoms with van der Waals surface area (Å²) in [7, 11) is 0. The van der Waals surface area contributed by atoms with Gasteiger partial charge in [-0.15, -0.1) is 0 Å². The Balaban J connectivity index is 1.78. The number of nitrogens with two attached hydrogens (primary N) is 1. The van der Waals surface area contributed by atoms with Crippen LogP contribution in [0.4, 0.5) is 5.69 Å². The van der Waals surface area contributed by atoms with Crippen LogP contribution in [0.5, 0.6) is 0 Å². The zero-order valence-electron chi connectivity index (χ0n) is 10.2. The van der Waals surface area contributed by atoms with Crippen LogP contribution in [0.2, 0.25) is 5.02 Å². The van der Waals surface area contributed by atoms with Crippen molar-refractivity contribution in [3.8, 4) is 0 Å². The Hall–Kier alpha value is -1.22. The topological polar surface area (TPSA) is 55.1 Å². The van der Waals surface area contributed by atoms with Gasteiger partial charge in [0, 0.05) is 11.7 Å². The molecule has 18 heavy (non-hydrogen) atoms. The van der Waals surface area contributed by atoms with Crippen molar-refractivity contribution in [1.29, 1.82) is 0 Å². The molecule has 1 amide bonds. The molecule has 0 spiro atoms. The minimum absolute atomic E-state index is 0.395. The Bertz CT molecular complexity index is 469. The number of carbonyl (C=O) groups is 1. The molecule has 3 rings (SSSR count). The molecular weight excluding hydrogens is 248 g/mol. The normalized spacial score (nSPS) is 19.0. The van der Waals surface area contributed by atoms with Gasteiger partial charge in [-0.25, -0.2) is 0 Å². The average Bonchev–Trinajstić information content (AvgIpc) is 3.20. The molecule has 0 radical (unpaired) electrons. The van der Waals surface area contributed by atoms with Crippen molar-refractivity contribution in [3.05, 3.63) is 28.8 Å². The summed E-state index contributed by atoms with van der Waals surface area (Å²) in [5, 5.41) is 3.98. The quantitative estimate of drug-likeness (QED) is 0.859. The van der Waals surface area contributed by atoms with Crippen molar-refractivity contribution in [2.45, 2.75) is 31.7 Å². The molecule has 3 N–H and O–H groups in total. The van der Waals surface area contributed by atoms with Crippen LogP contribution in [0.1, 0.15) is 36.0 Å². The fourth-order valence-electron chi connectivity index (χ4n) is 2.53. The molecule has 3 nitrogen and oxygen atoms in total. The molecule has 2 aliphatic rings. The van der Waals surface area contributed by atoms with Gasteiger partial charge < -0.3 is 11.1 Å². The van der Waals surface area contributed by atoms with Crippen molar-refractivity contribution >= 4 is 23.2 Å². The highest BCUT2D eigenvalue weighted by Crippen LogP contribution is 2.45. The molecule has 96 valence electrons. The molecule has 4 heteroatoms. The van der Waals surface area contributed by atoms with Crippen LogP contribution in [-0.4, -0.2) is 11.9 Å². The Kier molecular flexibility index (Phi) is 2.94. The molecular formula is C14H17ClN2O. The summed E-state index contributed by atoms with van der Waals surface area (Å²) in [6.45, 7) is 0.